The fourth-order valence-electron chi connectivity index (χ4n) is 2.21. The fraction of sp³-hybridized carbons (Fsp3) is 0.111. The number of amides is 1. The van der Waals surface area contributed by atoms with Gasteiger partial charge in [-0.3, -0.25) is 4.79 Å². The summed E-state index contributed by atoms with van der Waals surface area (Å²) in [5, 5.41) is 5.19. The summed E-state index contributed by atoms with van der Waals surface area (Å²) < 4.78 is 25.2. The molecule has 0 aliphatic rings. The minimum atomic E-state index is -3.49. The lowest BCUT2D eigenvalue weighted by atomic mass is 10.2. The first kappa shape index (κ1) is 18.2. The van der Waals surface area contributed by atoms with E-state index < -0.39 is 10.0 Å². The van der Waals surface area contributed by atoms with Gasteiger partial charge in [-0.05, 0) is 24.3 Å². The maximum Gasteiger partial charge on any atom is 0.275 e. The molecule has 0 aliphatic carbocycles. The molecule has 3 aromatic rings. The van der Waals surface area contributed by atoms with Crippen molar-refractivity contribution in [3.63, 3.8) is 0 Å². The number of anilines is 1. The lowest BCUT2D eigenvalue weighted by Gasteiger charge is -2.11. The van der Waals surface area contributed by atoms with Crippen molar-refractivity contribution in [2.45, 2.75) is 4.90 Å². The van der Waals surface area contributed by atoms with Gasteiger partial charge in [-0.15, -0.1) is 11.3 Å². The standard InChI is InChI=1S/C18H17N3O3S2/c1-21(2)26(23,24)15-10-8-14(9-11-15)19-17(22)16-12-25-18(20-16)13-6-4-3-5-7-13/h3-12H,1-2H3,(H,19,22). The highest BCUT2D eigenvalue weighted by Crippen LogP contribution is 2.24. The molecular formula is C18H17N3O3S2. The SMILES string of the molecule is CN(C)S(=O)(=O)c1ccc(NC(=O)c2csc(-c3ccccc3)n2)cc1. The summed E-state index contributed by atoms with van der Waals surface area (Å²) in [4.78, 5) is 16.9. The number of carbonyl (C=O) groups excluding carboxylic acids is 1. The van der Waals surface area contributed by atoms with Crippen molar-refractivity contribution in [2.75, 3.05) is 19.4 Å². The van der Waals surface area contributed by atoms with Crippen LogP contribution in [0.1, 0.15) is 10.5 Å². The Hall–Kier alpha value is -2.55. The predicted octanol–water partition coefficient (Wildman–Crippen LogP) is 3.31. The van der Waals surface area contributed by atoms with Crippen LogP contribution >= 0.6 is 11.3 Å². The number of hydrogen-bond donors (Lipinski definition) is 1. The van der Waals surface area contributed by atoms with Crippen molar-refractivity contribution < 1.29 is 13.2 Å². The Bertz CT molecular complexity index is 1010. The first-order valence-corrected chi connectivity index (χ1v) is 10.0. The summed E-state index contributed by atoms with van der Waals surface area (Å²) in [6.07, 6.45) is 0. The number of nitrogens with one attached hydrogen (secondary N) is 1. The van der Waals surface area contributed by atoms with Crippen LogP contribution in [0.2, 0.25) is 0 Å². The van der Waals surface area contributed by atoms with Gasteiger partial charge in [0, 0.05) is 30.7 Å². The summed E-state index contributed by atoms with van der Waals surface area (Å²) in [5.41, 5.74) is 1.77. The van der Waals surface area contributed by atoms with Crippen molar-refractivity contribution in [1.29, 1.82) is 0 Å². The molecular weight excluding hydrogens is 370 g/mol. The van der Waals surface area contributed by atoms with E-state index in [1.165, 1.54) is 37.6 Å². The zero-order valence-corrected chi connectivity index (χ0v) is 15.8. The number of rotatable bonds is 5. The summed E-state index contributed by atoms with van der Waals surface area (Å²) in [7, 11) is -0.552. The monoisotopic (exact) mass is 387 g/mol. The fourth-order valence-corrected chi connectivity index (χ4v) is 3.92. The molecule has 0 radical (unpaired) electrons. The molecule has 0 unspecified atom stereocenters. The van der Waals surface area contributed by atoms with Crippen molar-refractivity contribution in [2.24, 2.45) is 0 Å². The van der Waals surface area contributed by atoms with Gasteiger partial charge in [-0.1, -0.05) is 30.3 Å². The van der Waals surface area contributed by atoms with Gasteiger partial charge in [-0.2, -0.15) is 0 Å². The van der Waals surface area contributed by atoms with Gasteiger partial charge in [0.15, 0.2) is 0 Å². The number of carbonyl (C=O) groups is 1. The second-order valence-electron chi connectivity index (χ2n) is 5.67. The molecule has 2 aromatic carbocycles. The van der Waals surface area contributed by atoms with Crippen LogP contribution in [-0.4, -0.2) is 37.7 Å². The summed E-state index contributed by atoms with van der Waals surface area (Å²) >= 11 is 1.39. The summed E-state index contributed by atoms with van der Waals surface area (Å²) in [6, 6.07) is 15.7. The molecule has 134 valence electrons. The smallest absolute Gasteiger partial charge is 0.275 e. The van der Waals surface area contributed by atoms with Crippen LogP contribution in [0.15, 0.2) is 64.9 Å². The average molecular weight is 387 g/mol. The first-order valence-electron chi connectivity index (χ1n) is 7.73. The van der Waals surface area contributed by atoms with E-state index in [4.69, 9.17) is 0 Å². The second kappa shape index (κ2) is 7.36. The van der Waals surface area contributed by atoms with E-state index in [2.05, 4.69) is 10.3 Å². The molecule has 1 heterocycles. The van der Waals surface area contributed by atoms with Crippen LogP contribution in [0.3, 0.4) is 0 Å². The highest BCUT2D eigenvalue weighted by molar-refractivity contribution is 7.89. The Morgan fingerprint density at radius 2 is 1.69 bits per heavy atom. The van der Waals surface area contributed by atoms with E-state index in [0.717, 1.165) is 14.9 Å². The lowest BCUT2D eigenvalue weighted by molar-refractivity contribution is 0.102. The van der Waals surface area contributed by atoms with Crippen LogP contribution in [0.5, 0.6) is 0 Å². The Morgan fingerprint density at radius 3 is 2.31 bits per heavy atom. The molecule has 8 heteroatoms. The topological polar surface area (TPSA) is 79.4 Å². The number of sulfonamides is 1. The quantitative estimate of drug-likeness (QED) is 0.728. The highest BCUT2D eigenvalue weighted by atomic mass is 32.2. The van der Waals surface area contributed by atoms with Crippen molar-refractivity contribution in [3.05, 3.63) is 65.7 Å². The Balaban J connectivity index is 1.74. The minimum absolute atomic E-state index is 0.167. The molecule has 1 amide bonds. The molecule has 0 atom stereocenters. The first-order chi connectivity index (χ1) is 12.4. The molecule has 3 rings (SSSR count). The van der Waals surface area contributed by atoms with Crippen molar-refractivity contribution in [1.82, 2.24) is 9.29 Å². The van der Waals surface area contributed by atoms with Gasteiger partial charge < -0.3 is 5.32 Å². The molecule has 0 aliphatic heterocycles. The largest absolute Gasteiger partial charge is 0.321 e. The van der Waals surface area contributed by atoms with Gasteiger partial charge >= 0.3 is 0 Å². The van der Waals surface area contributed by atoms with Crippen molar-refractivity contribution >= 4 is 33.0 Å². The Labute approximate surface area is 156 Å². The van der Waals surface area contributed by atoms with Gasteiger partial charge in [0.1, 0.15) is 10.7 Å². The molecule has 0 spiro atoms. The van der Waals surface area contributed by atoms with Crippen LogP contribution in [0.4, 0.5) is 5.69 Å². The van der Waals surface area contributed by atoms with E-state index in [1.807, 2.05) is 30.3 Å². The number of thiazole rings is 1. The summed E-state index contributed by atoms with van der Waals surface area (Å²) in [6.45, 7) is 0. The zero-order chi connectivity index (χ0) is 18.7. The van der Waals surface area contributed by atoms with Gasteiger partial charge in [0.2, 0.25) is 10.0 Å². The minimum Gasteiger partial charge on any atom is -0.321 e. The van der Waals surface area contributed by atoms with E-state index in [-0.39, 0.29) is 10.8 Å². The Kier molecular flexibility index (Phi) is 5.17. The molecule has 1 N–H and O–H groups in total. The van der Waals surface area contributed by atoms with Gasteiger partial charge in [-0.25, -0.2) is 17.7 Å². The predicted molar refractivity (Wildman–Crippen MR) is 103 cm³/mol. The molecule has 1 aromatic heterocycles. The number of benzene rings is 2. The van der Waals surface area contributed by atoms with Crippen LogP contribution in [0.25, 0.3) is 10.6 Å². The second-order valence-corrected chi connectivity index (χ2v) is 8.68. The third-order valence-corrected chi connectivity index (χ3v) is 6.37. The van der Waals surface area contributed by atoms with Crippen LogP contribution in [0, 0.1) is 0 Å². The molecule has 0 bridgehead atoms. The third kappa shape index (κ3) is 3.82. The number of hydrogen-bond acceptors (Lipinski definition) is 5. The maximum absolute atomic E-state index is 12.4. The van der Waals surface area contributed by atoms with E-state index >= 15 is 0 Å². The molecule has 0 saturated heterocycles. The average Bonchev–Trinajstić information content (AvgIpc) is 3.13. The van der Waals surface area contributed by atoms with E-state index in [9.17, 15) is 13.2 Å². The van der Waals surface area contributed by atoms with Gasteiger partial charge in [0.05, 0.1) is 4.90 Å². The van der Waals surface area contributed by atoms with Crippen molar-refractivity contribution in [3.8, 4) is 10.6 Å². The van der Waals surface area contributed by atoms with E-state index in [0.29, 0.717) is 11.4 Å². The molecule has 0 saturated carbocycles. The molecule has 6 nitrogen and oxygen atoms in total. The van der Waals surface area contributed by atoms with Crippen LogP contribution in [-0.2, 0) is 10.0 Å². The summed E-state index contributed by atoms with van der Waals surface area (Å²) in [5.74, 6) is -0.341. The van der Waals surface area contributed by atoms with Crippen LogP contribution < -0.4 is 5.32 Å². The maximum atomic E-state index is 12.4. The zero-order valence-electron chi connectivity index (χ0n) is 14.2. The highest BCUT2D eigenvalue weighted by Gasteiger charge is 2.17. The lowest BCUT2D eigenvalue weighted by Crippen LogP contribution is -2.22. The Morgan fingerprint density at radius 1 is 1.04 bits per heavy atom. The third-order valence-electron chi connectivity index (χ3n) is 3.65. The number of nitrogens with zero attached hydrogens (tertiary/aromatic N) is 2. The molecule has 0 fully saturated rings. The molecule has 26 heavy (non-hydrogen) atoms. The number of aromatic nitrogens is 1. The van der Waals surface area contributed by atoms with Gasteiger partial charge in [0.25, 0.3) is 5.91 Å². The van der Waals surface area contributed by atoms with E-state index in [1.54, 1.807) is 17.5 Å². The normalized spacial score (nSPS) is 11.5.